The Balaban J connectivity index is 0.000000170. The molecule has 0 spiro atoms. The zero-order valence-corrected chi connectivity index (χ0v) is 62.0. The maximum absolute atomic E-state index is 13.6. The van der Waals surface area contributed by atoms with Gasteiger partial charge in [-0.15, -0.1) is 0 Å². The molecule has 1 N–H and O–H groups in total. The van der Waals surface area contributed by atoms with E-state index in [-0.39, 0.29) is 47.0 Å². The van der Waals surface area contributed by atoms with E-state index in [2.05, 4.69) is 20.3 Å². The molecule has 106 heavy (non-hydrogen) atoms. The van der Waals surface area contributed by atoms with Crippen LogP contribution in [0.25, 0.3) is 0 Å². The highest BCUT2D eigenvalue weighted by atomic mass is 35.5. The second kappa shape index (κ2) is 39.7. The fourth-order valence-corrected chi connectivity index (χ4v) is 14.5. The third kappa shape index (κ3) is 22.9. The quantitative estimate of drug-likeness (QED) is 0.0430. The lowest BCUT2D eigenvalue weighted by atomic mass is 10.1. The van der Waals surface area contributed by atoms with Gasteiger partial charge in [-0.3, -0.25) is 15.0 Å². The predicted octanol–water partition coefficient (Wildman–Crippen LogP) is 17.4. The van der Waals surface area contributed by atoms with Gasteiger partial charge >= 0.3 is 6.03 Å². The van der Waals surface area contributed by atoms with Crippen LogP contribution in [0, 0.1) is 0 Å². The monoisotopic (exact) mass is 1500 g/mol. The molecule has 2 amide bonds. The number of rotatable bonds is 31. The van der Waals surface area contributed by atoms with Crippen LogP contribution in [-0.4, -0.2) is 85.7 Å². The number of pyridine rings is 3. The number of para-hydroxylation sites is 1. The second-order valence-corrected chi connectivity index (χ2v) is 28.6. The Hall–Kier alpha value is -11.1. The van der Waals surface area contributed by atoms with E-state index >= 15 is 0 Å². The summed E-state index contributed by atoms with van der Waals surface area (Å²) in [6.45, 7) is 2.76. The van der Waals surface area contributed by atoms with Crippen molar-refractivity contribution in [3.05, 3.63) is 358 Å². The first-order chi connectivity index (χ1) is 51.6. The van der Waals surface area contributed by atoms with Crippen LogP contribution in [0.1, 0.15) is 50.5 Å². The number of methoxy groups -OCH3 is 3. The zero-order valence-electron chi connectivity index (χ0n) is 58.8. The number of aromatic nitrogens is 3. The molecule has 3 aromatic heterocycles. The Morgan fingerprint density at radius 2 is 0.755 bits per heavy atom. The third-order valence-electron chi connectivity index (χ3n) is 16.5. The van der Waals surface area contributed by atoms with Crippen molar-refractivity contribution in [3.63, 3.8) is 0 Å². The standard InChI is InChI=1S/C29H28ClN3O3.C28H27ClN2O4S.C27H26N2O4S/c1-35-28-19-23(14-15-27(28)36-21-22-9-3-2-4-10-22)20-33(18-16-24-11-7-8-17-31-24)29(34)32-26-13-6-5-12-25(26)30;1-34-27-19-23(14-15-26(27)35-21-22-9-3-2-4-10-22)20-31(18-16-24-11-7-8-17-30-24)36(32,33)28-13-6-5-12-25(28)29;1-32-27-18-23(15-16-26(27)33-21-22-10-4-2-5-11-22)19-29(20-24-12-8-9-17-28-24)34(30,31)25-13-6-3-7-14-25/h2-15,17,19H,16,18,20-21H2,1H3,(H,32,34);2-15,17,19H,16,18,20-21H2,1H3;2-18H,19-21H2,1H3. The van der Waals surface area contributed by atoms with Crippen LogP contribution < -0.4 is 33.7 Å². The lowest BCUT2D eigenvalue weighted by Gasteiger charge is -2.24. The molecule has 3 heterocycles. The number of amides is 2. The van der Waals surface area contributed by atoms with E-state index in [0.29, 0.717) is 96.7 Å². The van der Waals surface area contributed by atoms with Gasteiger partial charge in [0.2, 0.25) is 20.0 Å². The number of carbonyl (C=O) groups excluding carboxylic acids is 1. The Morgan fingerprint density at radius 1 is 0.368 bits per heavy atom. The molecule has 0 aliphatic heterocycles. The number of hydrogen-bond donors (Lipinski definition) is 1. The summed E-state index contributed by atoms with van der Waals surface area (Å²) in [6.07, 6.45) is 6.18. The van der Waals surface area contributed by atoms with Crippen LogP contribution in [0.4, 0.5) is 10.5 Å². The maximum atomic E-state index is 13.6. The molecule has 0 fully saturated rings. The molecule has 0 bridgehead atoms. The second-order valence-electron chi connectivity index (χ2n) is 23.9. The number of anilines is 1. The number of carbonyl (C=O) groups is 1. The Morgan fingerprint density at radius 3 is 1.19 bits per heavy atom. The first kappa shape index (κ1) is 77.5. The molecule has 9 aromatic carbocycles. The van der Waals surface area contributed by atoms with Gasteiger partial charge in [0.05, 0.1) is 54.2 Å². The van der Waals surface area contributed by atoms with E-state index < -0.39 is 20.0 Å². The number of hydrogen-bond acceptors (Lipinski definition) is 14. The van der Waals surface area contributed by atoms with Crippen LogP contribution in [0.5, 0.6) is 34.5 Å². The molecule has 544 valence electrons. The third-order valence-corrected chi connectivity index (χ3v) is 21.0. The van der Waals surface area contributed by atoms with Crippen molar-refractivity contribution >= 4 is 55.0 Å². The first-order valence-corrected chi connectivity index (χ1v) is 37.6. The highest BCUT2D eigenvalue weighted by Crippen LogP contribution is 2.35. The molecule has 0 saturated heterocycles. The van der Waals surface area contributed by atoms with Gasteiger partial charge in [0.1, 0.15) is 24.7 Å². The molecule has 0 unspecified atom stereocenters. The highest BCUT2D eigenvalue weighted by Gasteiger charge is 2.29. The molecule has 0 saturated carbocycles. The maximum Gasteiger partial charge on any atom is 0.322 e. The van der Waals surface area contributed by atoms with Gasteiger partial charge in [-0.25, -0.2) is 21.6 Å². The number of benzene rings is 9. The average Bonchev–Trinajstić information content (AvgIpc) is 0.802. The molecule has 18 nitrogen and oxygen atoms in total. The van der Waals surface area contributed by atoms with Gasteiger partial charge in [-0.05, 0) is 143 Å². The summed E-state index contributed by atoms with van der Waals surface area (Å²) < 4.78 is 91.6. The molecule has 0 aliphatic rings. The van der Waals surface area contributed by atoms with Crippen LogP contribution in [0.2, 0.25) is 10.0 Å². The van der Waals surface area contributed by atoms with Crippen molar-refractivity contribution in [1.82, 2.24) is 28.5 Å². The molecule has 0 radical (unpaired) electrons. The molecule has 0 atom stereocenters. The first-order valence-electron chi connectivity index (χ1n) is 34.0. The summed E-state index contributed by atoms with van der Waals surface area (Å²) in [6, 6.07) is 84.9. The summed E-state index contributed by atoms with van der Waals surface area (Å²) in [5, 5.41) is 3.59. The van der Waals surface area contributed by atoms with Crippen molar-refractivity contribution in [1.29, 1.82) is 0 Å². The van der Waals surface area contributed by atoms with Crippen LogP contribution in [-0.2, 0) is 78.9 Å². The summed E-state index contributed by atoms with van der Waals surface area (Å²) >= 11 is 12.5. The predicted molar refractivity (Wildman–Crippen MR) is 414 cm³/mol. The van der Waals surface area contributed by atoms with Crippen molar-refractivity contribution in [2.24, 2.45) is 0 Å². The Bertz CT molecular complexity index is 4940. The minimum Gasteiger partial charge on any atom is -0.493 e. The van der Waals surface area contributed by atoms with Crippen molar-refractivity contribution < 1.29 is 50.1 Å². The highest BCUT2D eigenvalue weighted by molar-refractivity contribution is 7.89. The van der Waals surface area contributed by atoms with Gasteiger partial charge < -0.3 is 38.6 Å². The number of sulfonamides is 2. The number of ether oxygens (including phenoxy) is 6. The van der Waals surface area contributed by atoms with Gasteiger partial charge in [0.15, 0.2) is 34.5 Å². The topological polar surface area (TPSA) is 201 Å². The number of urea groups is 1. The molecule has 22 heteroatoms. The van der Waals surface area contributed by atoms with Gasteiger partial charge in [0, 0.05) is 75.5 Å². The molecular weight excluding hydrogens is 1420 g/mol. The molecule has 12 rings (SSSR count). The summed E-state index contributed by atoms with van der Waals surface area (Å²) in [5.74, 6) is 3.51. The molecular formula is C84H81Cl2N7O11S2. The summed E-state index contributed by atoms with van der Waals surface area (Å²) in [4.78, 5) is 28.3. The van der Waals surface area contributed by atoms with Crippen molar-refractivity contribution in [2.45, 2.75) is 68.6 Å². The minimum absolute atomic E-state index is 0.0717. The van der Waals surface area contributed by atoms with Crippen LogP contribution >= 0.6 is 23.2 Å². The SMILES string of the molecule is COc1cc(CN(CCc2ccccn2)C(=O)Nc2ccccc2Cl)ccc1OCc1ccccc1.COc1cc(CN(CCc2ccccn2)S(=O)(=O)c2ccccc2Cl)ccc1OCc1ccccc1.COc1cc(CN(Cc2ccccn2)S(=O)(=O)c2ccccc2)ccc1OCc1ccccc1. The van der Waals surface area contributed by atoms with Crippen LogP contribution in [0.15, 0.2) is 307 Å². The van der Waals surface area contributed by atoms with Crippen molar-refractivity contribution in [2.75, 3.05) is 39.7 Å². The van der Waals surface area contributed by atoms with Crippen LogP contribution in [0.3, 0.4) is 0 Å². The van der Waals surface area contributed by atoms with E-state index in [1.54, 1.807) is 124 Å². The zero-order chi connectivity index (χ0) is 74.4. The lowest BCUT2D eigenvalue weighted by Crippen LogP contribution is -2.36. The van der Waals surface area contributed by atoms with Gasteiger partial charge in [0.25, 0.3) is 0 Å². The fraction of sp³-hybridized carbons (Fsp3) is 0.167. The normalized spacial score (nSPS) is 11.1. The number of nitrogens with zero attached hydrogens (tertiary/aromatic N) is 6. The van der Waals surface area contributed by atoms with E-state index in [1.165, 1.54) is 14.7 Å². The lowest BCUT2D eigenvalue weighted by molar-refractivity contribution is 0.209. The number of nitrogens with one attached hydrogen (secondary N) is 1. The minimum atomic E-state index is -3.87. The molecule has 0 aliphatic carbocycles. The van der Waals surface area contributed by atoms with E-state index in [9.17, 15) is 21.6 Å². The largest absolute Gasteiger partial charge is 0.493 e. The smallest absolute Gasteiger partial charge is 0.322 e. The van der Waals surface area contributed by atoms with E-state index in [4.69, 9.17) is 51.6 Å². The Labute approximate surface area is 630 Å². The summed E-state index contributed by atoms with van der Waals surface area (Å²) in [7, 11) is -2.88. The fourth-order valence-electron chi connectivity index (χ4n) is 10.9. The Kier molecular flexibility index (Phi) is 29.0. The van der Waals surface area contributed by atoms with Gasteiger partial charge in [-0.1, -0.05) is 193 Å². The van der Waals surface area contributed by atoms with Gasteiger partial charge in [-0.2, -0.15) is 8.61 Å². The van der Waals surface area contributed by atoms with Crippen molar-refractivity contribution in [3.8, 4) is 34.5 Å². The summed E-state index contributed by atoms with van der Waals surface area (Å²) in [5.41, 5.74) is 8.55. The van der Waals surface area contributed by atoms with E-state index in [0.717, 1.165) is 44.8 Å². The number of halogens is 2. The van der Waals surface area contributed by atoms with E-state index in [1.807, 2.05) is 194 Å². The molecule has 12 aromatic rings. The average molecular weight is 1500 g/mol.